The zero-order chi connectivity index (χ0) is 10.8. The lowest BCUT2D eigenvalue weighted by molar-refractivity contribution is -0.136. The van der Waals surface area contributed by atoms with Crippen molar-refractivity contribution in [2.24, 2.45) is 0 Å². The largest absolute Gasteiger partial charge is 0.481 e. The van der Waals surface area contributed by atoms with Gasteiger partial charge in [-0.3, -0.25) is 9.59 Å². The fraction of sp³-hybridized carbons (Fsp3) is 0.455. The molecule has 0 bridgehead atoms. The number of carbonyl (C=O) groups is 2. The number of hydrogen-bond acceptors (Lipinski definition) is 2. The average Bonchev–Trinajstić information content (AvgIpc) is 2.13. The first kappa shape index (κ1) is 12.6. The number of carbonyl (C=O) groups excluding carboxylic acids is 1. The smallest absolute Gasteiger partial charge is 0.303 e. The highest BCUT2D eigenvalue weighted by Gasteiger charge is 1.92. The van der Waals surface area contributed by atoms with E-state index in [0.29, 0.717) is 6.42 Å². The van der Waals surface area contributed by atoms with Crippen LogP contribution in [0.2, 0.25) is 0 Å². The fourth-order valence-electron chi connectivity index (χ4n) is 0.828. The van der Waals surface area contributed by atoms with Crippen molar-refractivity contribution >= 4 is 11.8 Å². The Balaban J connectivity index is 3.65. The lowest BCUT2D eigenvalue weighted by Crippen LogP contribution is -1.92. The summed E-state index contributed by atoms with van der Waals surface area (Å²) in [6.07, 6.45) is 8.73. The van der Waals surface area contributed by atoms with Crippen molar-refractivity contribution < 1.29 is 14.7 Å². The third kappa shape index (κ3) is 8.71. The van der Waals surface area contributed by atoms with Gasteiger partial charge in [0.1, 0.15) is 0 Å². The van der Waals surface area contributed by atoms with Crippen LogP contribution >= 0.6 is 0 Å². The molecule has 0 heterocycles. The molecule has 0 aromatic heterocycles. The molecular formula is C11H16O3. The highest BCUT2D eigenvalue weighted by molar-refractivity contribution is 5.99. The molecule has 0 spiro atoms. The molecule has 0 radical (unpaired) electrons. The molecule has 0 atom stereocenters. The number of rotatable bonds is 7. The van der Waals surface area contributed by atoms with Crippen LogP contribution in [0, 0.1) is 0 Å². The molecule has 0 aliphatic rings. The van der Waals surface area contributed by atoms with E-state index in [4.69, 9.17) is 5.11 Å². The van der Waals surface area contributed by atoms with Crippen molar-refractivity contribution in [3.05, 3.63) is 24.3 Å². The second-order valence-electron chi connectivity index (χ2n) is 2.93. The lowest BCUT2D eigenvalue weighted by Gasteiger charge is -1.87. The number of allylic oxidation sites excluding steroid dienone is 4. The molecule has 0 aromatic rings. The van der Waals surface area contributed by atoms with E-state index in [2.05, 4.69) is 0 Å². The number of ketones is 1. The second kappa shape index (κ2) is 8.23. The molecule has 0 aliphatic carbocycles. The lowest BCUT2D eigenvalue weighted by atomic mass is 10.2. The fourth-order valence-corrected chi connectivity index (χ4v) is 0.828. The number of unbranched alkanes of at least 4 members (excludes halogenated alkanes) is 1. The Hall–Kier alpha value is -1.38. The summed E-state index contributed by atoms with van der Waals surface area (Å²) in [5.41, 5.74) is 0. The van der Waals surface area contributed by atoms with E-state index in [1.54, 1.807) is 6.08 Å². The highest BCUT2D eigenvalue weighted by Crippen LogP contribution is 1.93. The van der Waals surface area contributed by atoms with Crippen LogP contribution in [0.3, 0.4) is 0 Å². The van der Waals surface area contributed by atoms with Gasteiger partial charge in [0.2, 0.25) is 0 Å². The molecule has 0 aromatic carbocycles. The minimum absolute atomic E-state index is 0.0719. The zero-order valence-electron chi connectivity index (χ0n) is 8.40. The summed E-state index contributed by atoms with van der Waals surface area (Å²) in [6.45, 7) is 2.04. The molecule has 1 N–H and O–H groups in total. The molecule has 3 heteroatoms. The molecule has 14 heavy (non-hydrogen) atoms. The van der Waals surface area contributed by atoms with Crippen LogP contribution in [0.1, 0.15) is 32.6 Å². The standard InChI is InChI=1S/C11H16O3/c1-2-3-4-7-10(12)8-5-6-9-11(13)14/h4-5,7-8H,2-3,6,9H2,1H3,(H,13,14). The van der Waals surface area contributed by atoms with Gasteiger partial charge in [0.25, 0.3) is 0 Å². The van der Waals surface area contributed by atoms with Gasteiger partial charge in [-0.05, 0) is 25.0 Å². The Morgan fingerprint density at radius 1 is 1.14 bits per heavy atom. The van der Waals surface area contributed by atoms with Gasteiger partial charge in [0.15, 0.2) is 5.78 Å². The Bertz CT molecular complexity index is 239. The van der Waals surface area contributed by atoms with Crippen molar-refractivity contribution in [2.75, 3.05) is 0 Å². The first-order valence-corrected chi connectivity index (χ1v) is 4.75. The number of carboxylic acid groups (broad SMARTS) is 1. The molecule has 0 aliphatic heterocycles. The van der Waals surface area contributed by atoms with E-state index in [1.165, 1.54) is 12.2 Å². The summed E-state index contributed by atoms with van der Waals surface area (Å²) in [5.74, 6) is -0.924. The number of aliphatic carboxylic acids is 1. The van der Waals surface area contributed by atoms with Crippen molar-refractivity contribution in [1.82, 2.24) is 0 Å². The first-order valence-electron chi connectivity index (χ1n) is 4.75. The van der Waals surface area contributed by atoms with Gasteiger partial charge in [0, 0.05) is 6.42 Å². The molecule has 3 nitrogen and oxygen atoms in total. The molecule has 0 fully saturated rings. The maximum absolute atomic E-state index is 11.0. The summed E-state index contributed by atoms with van der Waals surface area (Å²) in [4.78, 5) is 21.2. The highest BCUT2D eigenvalue weighted by atomic mass is 16.4. The Morgan fingerprint density at radius 2 is 1.71 bits per heavy atom. The van der Waals surface area contributed by atoms with Crippen molar-refractivity contribution in [1.29, 1.82) is 0 Å². The Kier molecular flexibility index (Phi) is 7.42. The van der Waals surface area contributed by atoms with Crippen molar-refractivity contribution in [2.45, 2.75) is 32.6 Å². The van der Waals surface area contributed by atoms with E-state index in [1.807, 2.05) is 13.0 Å². The summed E-state index contributed by atoms with van der Waals surface area (Å²) >= 11 is 0. The number of carboxylic acids is 1. The van der Waals surface area contributed by atoms with Crippen LogP contribution in [0.4, 0.5) is 0 Å². The molecule has 0 unspecified atom stereocenters. The SMILES string of the molecule is CCCC=CC(=O)C=CCCC(=O)O. The van der Waals surface area contributed by atoms with E-state index in [0.717, 1.165) is 12.8 Å². The van der Waals surface area contributed by atoms with Crippen LogP contribution in [0.25, 0.3) is 0 Å². The zero-order valence-corrected chi connectivity index (χ0v) is 8.40. The average molecular weight is 196 g/mol. The second-order valence-corrected chi connectivity index (χ2v) is 2.93. The van der Waals surface area contributed by atoms with Crippen molar-refractivity contribution in [3.63, 3.8) is 0 Å². The summed E-state index contributed by atoms with van der Waals surface area (Å²) in [7, 11) is 0. The van der Waals surface area contributed by atoms with Gasteiger partial charge in [-0.1, -0.05) is 25.5 Å². The molecule has 0 saturated heterocycles. The maximum atomic E-state index is 11.0. The van der Waals surface area contributed by atoms with Gasteiger partial charge >= 0.3 is 5.97 Å². The minimum atomic E-state index is -0.844. The van der Waals surface area contributed by atoms with Crippen LogP contribution in [0.5, 0.6) is 0 Å². The molecule has 78 valence electrons. The normalized spacial score (nSPS) is 11.2. The van der Waals surface area contributed by atoms with E-state index in [9.17, 15) is 9.59 Å². The summed E-state index contributed by atoms with van der Waals surface area (Å²) in [5, 5.41) is 8.32. The quantitative estimate of drug-likeness (QED) is 0.636. The van der Waals surface area contributed by atoms with Gasteiger partial charge in [0.05, 0.1) is 0 Å². The van der Waals surface area contributed by atoms with Crippen LogP contribution < -0.4 is 0 Å². The molecule has 0 rings (SSSR count). The molecular weight excluding hydrogens is 180 g/mol. The van der Waals surface area contributed by atoms with Crippen LogP contribution in [-0.4, -0.2) is 16.9 Å². The van der Waals surface area contributed by atoms with E-state index >= 15 is 0 Å². The van der Waals surface area contributed by atoms with Crippen molar-refractivity contribution in [3.8, 4) is 0 Å². The predicted octanol–water partition coefficient (Wildman–Crippen LogP) is 2.33. The Labute approximate surface area is 84.1 Å². The van der Waals surface area contributed by atoms with Gasteiger partial charge in [-0.15, -0.1) is 0 Å². The Morgan fingerprint density at radius 3 is 2.21 bits per heavy atom. The molecule has 0 amide bonds. The summed E-state index contributed by atoms with van der Waals surface area (Å²) < 4.78 is 0. The van der Waals surface area contributed by atoms with Gasteiger partial charge in [-0.2, -0.15) is 0 Å². The predicted molar refractivity (Wildman–Crippen MR) is 55.1 cm³/mol. The van der Waals surface area contributed by atoms with E-state index < -0.39 is 5.97 Å². The topological polar surface area (TPSA) is 54.4 Å². The number of hydrogen-bond donors (Lipinski definition) is 1. The van der Waals surface area contributed by atoms with Gasteiger partial charge < -0.3 is 5.11 Å². The van der Waals surface area contributed by atoms with Crippen LogP contribution in [0.15, 0.2) is 24.3 Å². The van der Waals surface area contributed by atoms with Crippen LogP contribution in [-0.2, 0) is 9.59 Å². The molecule has 0 saturated carbocycles. The third-order valence-corrected chi connectivity index (χ3v) is 1.54. The third-order valence-electron chi connectivity index (χ3n) is 1.54. The van der Waals surface area contributed by atoms with Gasteiger partial charge in [-0.25, -0.2) is 0 Å². The monoisotopic (exact) mass is 196 g/mol. The van der Waals surface area contributed by atoms with E-state index in [-0.39, 0.29) is 12.2 Å². The minimum Gasteiger partial charge on any atom is -0.481 e. The first-order chi connectivity index (χ1) is 6.66. The maximum Gasteiger partial charge on any atom is 0.303 e. The summed E-state index contributed by atoms with van der Waals surface area (Å²) in [6, 6.07) is 0.